The van der Waals surface area contributed by atoms with Crippen LogP contribution in [0.4, 0.5) is 5.82 Å². The molecule has 21 heavy (non-hydrogen) atoms. The molecule has 0 saturated carbocycles. The molecule has 106 valence electrons. The van der Waals surface area contributed by atoms with Gasteiger partial charge in [-0.3, -0.25) is 0 Å². The van der Waals surface area contributed by atoms with E-state index in [1.54, 1.807) is 6.07 Å². The van der Waals surface area contributed by atoms with Crippen LogP contribution in [-0.4, -0.2) is 10.1 Å². The zero-order valence-electron chi connectivity index (χ0n) is 11.4. The molecule has 0 fully saturated rings. The molecule has 1 aliphatic carbocycles. The standard InChI is InChI=1S/C16H14BrN3O/c17-12-7-9(5-6-14(12)21)15-10-3-1-2-4-13(10)20-16(19)11(15)8-18/h5-7,21H,1-4H2,(H2,19,20). The van der Waals surface area contributed by atoms with Gasteiger partial charge in [0.15, 0.2) is 0 Å². The van der Waals surface area contributed by atoms with Gasteiger partial charge in [0.2, 0.25) is 0 Å². The molecule has 0 saturated heterocycles. The lowest BCUT2D eigenvalue weighted by Crippen LogP contribution is -2.11. The number of fused-ring (bicyclic) bond motifs is 1. The molecule has 1 heterocycles. The lowest BCUT2D eigenvalue weighted by atomic mass is 9.86. The number of hydrogen-bond donors (Lipinski definition) is 2. The number of pyridine rings is 1. The van der Waals surface area contributed by atoms with Crippen molar-refractivity contribution in [3.8, 4) is 22.9 Å². The van der Waals surface area contributed by atoms with E-state index < -0.39 is 0 Å². The normalized spacial score (nSPS) is 13.5. The van der Waals surface area contributed by atoms with E-state index in [9.17, 15) is 10.4 Å². The summed E-state index contributed by atoms with van der Waals surface area (Å²) in [6.45, 7) is 0. The highest BCUT2D eigenvalue weighted by Gasteiger charge is 2.22. The fourth-order valence-electron chi connectivity index (χ4n) is 2.86. The fraction of sp³-hybridized carbons (Fsp3) is 0.250. The van der Waals surface area contributed by atoms with Crippen LogP contribution in [0.15, 0.2) is 22.7 Å². The van der Waals surface area contributed by atoms with Gasteiger partial charge in [-0.15, -0.1) is 0 Å². The topological polar surface area (TPSA) is 82.9 Å². The maximum atomic E-state index is 9.66. The van der Waals surface area contributed by atoms with Crippen LogP contribution in [0, 0.1) is 11.3 Å². The predicted molar refractivity (Wildman–Crippen MR) is 84.8 cm³/mol. The van der Waals surface area contributed by atoms with Crippen molar-refractivity contribution in [3.63, 3.8) is 0 Å². The van der Waals surface area contributed by atoms with Gasteiger partial charge in [0.05, 0.1) is 4.47 Å². The van der Waals surface area contributed by atoms with Gasteiger partial charge in [-0.2, -0.15) is 5.26 Å². The van der Waals surface area contributed by atoms with Gasteiger partial charge in [0, 0.05) is 11.3 Å². The van der Waals surface area contributed by atoms with Crippen LogP contribution in [0.2, 0.25) is 0 Å². The van der Waals surface area contributed by atoms with E-state index in [2.05, 4.69) is 27.0 Å². The van der Waals surface area contributed by atoms with Crippen molar-refractivity contribution in [2.45, 2.75) is 25.7 Å². The molecule has 1 aliphatic rings. The Morgan fingerprint density at radius 1 is 1.29 bits per heavy atom. The number of hydrogen-bond acceptors (Lipinski definition) is 4. The van der Waals surface area contributed by atoms with E-state index in [-0.39, 0.29) is 11.6 Å². The molecular weight excluding hydrogens is 330 g/mol. The number of aromatic hydroxyl groups is 1. The summed E-state index contributed by atoms with van der Waals surface area (Å²) in [5, 5.41) is 19.1. The third-order valence-electron chi connectivity index (χ3n) is 3.85. The molecule has 3 N–H and O–H groups in total. The van der Waals surface area contributed by atoms with E-state index in [0.717, 1.165) is 48.1 Å². The van der Waals surface area contributed by atoms with Crippen LogP contribution in [0.5, 0.6) is 5.75 Å². The summed E-state index contributed by atoms with van der Waals surface area (Å²) in [6, 6.07) is 7.43. The van der Waals surface area contributed by atoms with Crippen molar-refractivity contribution >= 4 is 21.7 Å². The van der Waals surface area contributed by atoms with Crippen molar-refractivity contribution < 1.29 is 5.11 Å². The molecule has 5 heteroatoms. The van der Waals surface area contributed by atoms with Gasteiger partial charge in [-0.05, 0) is 64.9 Å². The summed E-state index contributed by atoms with van der Waals surface area (Å²) < 4.78 is 0.601. The number of benzene rings is 1. The van der Waals surface area contributed by atoms with Crippen LogP contribution in [-0.2, 0) is 12.8 Å². The summed E-state index contributed by atoms with van der Waals surface area (Å²) in [7, 11) is 0. The van der Waals surface area contributed by atoms with Gasteiger partial charge in [0.1, 0.15) is 23.2 Å². The number of aromatic nitrogens is 1. The first-order valence-corrected chi connectivity index (χ1v) is 7.61. The number of halogens is 1. The number of rotatable bonds is 1. The minimum Gasteiger partial charge on any atom is -0.507 e. The fourth-order valence-corrected chi connectivity index (χ4v) is 3.24. The van der Waals surface area contributed by atoms with E-state index >= 15 is 0 Å². The third-order valence-corrected chi connectivity index (χ3v) is 4.49. The summed E-state index contributed by atoms with van der Waals surface area (Å²) >= 11 is 3.32. The minimum absolute atomic E-state index is 0.174. The van der Waals surface area contributed by atoms with Crippen molar-refractivity contribution in [2.24, 2.45) is 0 Å². The third kappa shape index (κ3) is 2.36. The smallest absolute Gasteiger partial charge is 0.142 e. The predicted octanol–water partition coefficient (Wildman–Crippen LogP) is 3.55. The lowest BCUT2D eigenvalue weighted by molar-refractivity contribution is 0.472. The van der Waals surface area contributed by atoms with Gasteiger partial charge in [-0.25, -0.2) is 4.98 Å². The first-order chi connectivity index (χ1) is 10.1. The minimum atomic E-state index is 0.174. The summed E-state index contributed by atoms with van der Waals surface area (Å²) in [4.78, 5) is 4.40. The molecule has 2 aromatic rings. The second-order valence-electron chi connectivity index (χ2n) is 5.16. The molecule has 1 aromatic carbocycles. The van der Waals surface area contributed by atoms with Gasteiger partial charge < -0.3 is 10.8 Å². The van der Waals surface area contributed by atoms with E-state index in [4.69, 9.17) is 5.73 Å². The quantitative estimate of drug-likeness (QED) is 0.829. The molecule has 4 nitrogen and oxygen atoms in total. The Morgan fingerprint density at radius 2 is 2.05 bits per heavy atom. The van der Waals surface area contributed by atoms with E-state index in [0.29, 0.717) is 10.0 Å². The molecule has 0 spiro atoms. The zero-order valence-corrected chi connectivity index (χ0v) is 12.9. The van der Waals surface area contributed by atoms with Crippen molar-refractivity contribution in [3.05, 3.63) is 39.5 Å². The Balaban J connectivity index is 2.31. The summed E-state index contributed by atoms with van der Waals surface area (Å²) in [5.41, 5.74) is 10.2. The van der Waals surface area contributed by atoms with Gasteiger partial charge >= 0.3 is 0 Å². The number of nitrogen functional groups attached to an aromatic ring is 1. The molecule has 0 bridgehead atoms. The molecule has 0 unspecified atom stereocenters. The highest BCUT2D eigenvalue weighted by Crippen LogP contribution is 2.38. The largest absolute Gasteiger partial charge is 0.507 e. The number of aryl methyl sites for hydroxylation is 1. The molecular formula is C16H14BrN3O. The number of phenols is 1. The maximum absolute atomic E-state index is 9.66. The Kier molecular flexibility index (Phi) is 3.56. The Labute approximate surface area is 131 Å². The zero-order chi connectivity index (χ0) is 15.0. The molecule has 0 atom stereocenters. The highest BCUT2D eigenvalue weighted by atomic mass is 79.9. The summed E-state index contributed by atoms with van der Waals surface area (Å²) in [5.74, 6) is 0.463. The van der Waals surface area contributed by atoms with E-state index in [1.807, 2.05) is 12.1 Å². The molecule has 3 rings (SSSR count). The first kappa shape index (κ1) is 13.9. The van der Waals surface area contributed by atoms with Crippen LogP contribution in [0.1, 0.15) is 29.7 Å². The van der Waals surface area contributed by atoms with Crippen LogP contribution < -0.4 is 5.73 Å². The number of anilines is 1. The van der Waals surface area contributed by atoms with Gasteiger partial charge in [-0.1, -0.05) is 6.07 Å². The Bertz CT molecular complexity index is 765. The first-order valence-electron chi connectivity index (χ1n) is 6.82. The second-order valence-corrected chi connectivity index (χ2v) is 6.01. The van der Waals surface area contributed by atoms with Crippen molar-refractivity contribution in [1.82, 2.24) is 4.98 Å². The highest BCUT2D eigenvalue weighted by molar-refractivity contribution is 9.10. The average Bonchev–Trinajstić information content (AvgIpc) is 2.48. The SMILES string of the molecule is N#Cc1c(N)nc2c(c1-c1ccc(O)c(Br)c1)CCCC2. The molecule has 0 amide bonds. The van der Waals surface area contributed by atoms with E-state index in [1.165, 1.54) is 0 Å². The average molecular weight is 344 g/mol. The molecule has 0 aliphatic heterocycles. The monoisotopic (exact) mass is 343 g/mol. The number of phenolic OH excluding ortho intramolecular Hbond substituents is 1. The second kappa shape index (κ2) is 5.38. The van der Waals surface area contributed by atoms with Crippen LogP contribution in [0.25, 0.3) is 11.1 Å². The molecule has 1 aromatic heterocycles. The summed E-state index contributed by atoms with van der Waals surface area (Å²) in [6.07, 6.45) is 4.00. The van der Waals surface area contributed by atoms with Crippen molar-refractivity contribution in [2.75, 3.05) is 5.73 Å². The molecule has 0 radical (unpaired) electrons. The maximum Gasteiger partial charge on any atom is 0.142 e. The number of nitrogens with zero attached hydrogens (tertiary/aromatic N) is 2. The van der Waals surface area contributed by atoms with Crippen LogP contribution >= 0.6 is 15.9 Å². The Hall–Kier alpha value is -2.06. The lowest BCUT2D eigenvalue weighted by Gasteiger charge is -2.21. The Morgan fingerprint density at radius 3 is 2.76 bits per heavy atom. The number of nitrogens with two attached hydrogens (primary N) is 1. The van der Waals surface area contributed by atoms with Crippen molar-refractivity contribution in [1.29, 1.82) is 5.26 Å². The van der Waals surface area contributed by atoms with Crippen LogP contribution in [0.3, 0.4) is 0 Å². The number of nitriles is 1. The van der Waals surface area contributed by atoms with Gasteiger partial charge in [0.25, 0.3) is 0 Å².